The molecule has 0 unspecified atom stereocenters. The average molecular weight is 204 g/mol. The van der Waals surface area contributed by atoms with Gasteiger partial charge in [-0.25, -0.2) is 4.98 Å². The highest BCUT2D eigenvalue weighted by molar-refractivity contribution is 5.78. The molecule has 0 atom stereocenters. The van der Waals surface area contributed by atoms with E-state index in [0.717, 1.165) is 16.7 Å². The Kier molecular flexibility index (Phi) is 2.36. The van der Waals surface area contributed by atoms with E-state index < -0.39 is 0 Å². The number of benzene rings is 1. The van der Waals surface area contributed by atoms with Crippen LogP contribution in [0.4, 0.5) is 5.69 Å². The Bertz CT molecular complexity index is 458. The third-order valence-electron chi connectivity index (χ3n) is 2.41. The summed E-state index contributed by atoms with van der Waals surface area (Å²) in [6, 6.07) is 6.04. The van der Waals surface area contributed by atoms with Crippen LogP contribution in [0, 0.1) is 0 Å². The molecule has 0 saturated heterocycles. The SMILES string of the molecule is CC(C)(CN)Nc1ccc2nc[nH]c2c1. The third kappa shape index (κ3) is 2.10. The molecule has 0 radical (unpaired) electrons. The van der Waals surface area contributed by atoms with Gasteiger partial charge < -0.3 is 16.0 Å². The minimum atomic E-state index is -0.0896. The van der Waals surface area contributed by atoms with Crippen LogP contribution < -0.4 is 11.1 Å². The van der Waals surface area contributed by atoms with Crippen LogP contribution in [0.2, 0.25) is 0 Å². The van der Waals surface area contributed by atoms with Gasteiger partial charge in [-0.2, -0.15) is 0 Å². The minimum Gasteiger partial charge on any atom is -0.379 e. The van der Waals surface area contributed by atoms with Gasteiger partial charge in [0.05, 0.1) is 17.4 Å². The van der Waals surface area contributed by atoms with E-state index in [2.05, 4.69) is 29.1 Å². The highest BCUT2D eigenvalue weighted by Gasteiger charge is 2.14. The number of hydrogen-bond donors (Lipinski definition) is 3. The van der Waals surface area contributed by atoms with E-state index in [9.17, 15) is 0 Å². The van der Waals surface area contributed by atoms with Crippen molar-refractivity contribution in [2.45, 2.75) is 19.4 Å². The third-order valence-corrected chi connectivity index (χ3v) is 2.41. The van der Waals surface area contributed by atoms with Crippen molar-refractivity contribution in [2.24, 2.45) is 5.73 Å². The van der Waals surface area contributed by atoms with Crippen LogP contribution in [0.1, 0.15) is 13.8 Å². The van der Waals surface area contributed by atoms with Gasteiger partial charge in [-0.05, 0) is 32.0 Å². The van der Waals surface area contributed by atoms with Gasteiger partial charge in [-0.1, -0.05) is 0 Å². The number of nitrogens with one attached hydrogen (secondary N) is 2. The molecule has 4 N–H and O–H groups in total. The van der Waals surface area contributed by atoms with Crippen molar-refractivity contribution >= 4 is 16.7 Å². The van der Waals surface area contributed by atoms with Crippen molar-refractivity contribution in [3.8, 4) is 0 Å². The molecule has 0 amide bonds. The Morgan fingerprint density at radius 3 is 3.00 bits per heavy atom. The van der Waals surface area contributed by atoms with E-state index in [0.29, 0.717) is 6.54 Å². The van der Waals surface area contributed by atoms with Crippen molar-refractivity contribution in [3.05, 3.63) is 24.5 Å². The van der Waals surface area contributed by atoms with Crippen LogP contribution >= 0.6 is 0 Å². The zero-order valence-corrected chi connectivity index (χ0v) is 9.04. The fraction of sp³-hybridized carbons (Fsp3) is 0.364. The Morgan fingerprint density at radius 1 is 1.47 bits per heavy atom. The lowest BCUT2D eigenvalue weighted by molar-refractivity contribution is 0.580. The number of fused-ring (bicyclic) bond motifs is 1. The molecule has 2 rings (SSSR count). The number of hydrogen-bond acceptors (Lipinski definition) is 3. The molecule has 1 aromatic heterocycles. The van der Waals surface area contributed by atoms with E-state index in [1.807, 2.05) is 18.2 Å². The number of nitrogens with zero attached hydrogens (tertiary/aromatic N) is 1. The topological polar surface area (TPSA) is 66.7 Å². The van der Waals surface area contributed by atoms with Gasteiger partial charge in [0.25, 0.3) is 0 Å². The minimum absolute atomic E-state index is 0.0896. The lowest BCUT2D eigenvalue weighted by Gasteiger charge is -2.25. The second-order valence-electron chi connectivity index (χ2n) is 4.35. The number of nitrogens with two attached hydrogens (primary N) is 1. The quantitative estimate of drug-likeness (QED) is 0.713. The highest BCUT2D eigenvalue weighted by atomic mass is 15.0. The van der Waals surface area contributed by atoms with Crippen LogP contribution in [0.5, 0.6) is 0 Å². The molecule has 80 valence electrons. The molecular formula is C11H16N4. The Balaban J connectivity index is 2.28. The van der Waals surface area contributed by atoms with Gasteiger partial charge in [-0.3, -0.25) is 0 Å². The lowest BCUT2D eigenvalue weighted by Crippen LogP contribution is -2.39. The van der Waals surface area contributed by atoms with Crippen LogP contribution in [0.3, 0.4) is 0 Å². The van der Waals surface area contributed by atoms with Crippen molar-refractivity contribution < 1.29 is 0 Å². The van der Waals surface area contributed by atoms with Gasteiger partial charge >= 0.3 is 0 Å². The summed E-state index contributed by atoms with van der Waals surface area (Å²) in [4.78, 5) is 7.25. The van der Waals surface area contributed by atoms with E-state index >= 15 is 0 Å². The molecular weight excluding hydrogens is 188 g/mol. The van der Waals surface area contributed by atoms with Crippen LogP contribution in [0.25, 0.3) is 11.0 Å². The maximum Gasteiger partial charge on any atom is 0.0931 e. The molecule has 0 saturated carbocycles. The van der Waals surface area contributed by atoms with E-state index in [1.54, 1.807) is 6.33 Å². The fourth-order valence-corrected chi connectivity index (χ4v) is 1.46. The maximum atomic E-state index is 5.66. The summed E-state index contributed by atoms with van der Waals surface area (Å²) in [7, 11) is 0. The van der Waals surface area contributed by atoms with Crippen LogP contribution in [-0.4, -0.2) is 22.1 Å². The summed E-state index contributed by atoms with van der Waals surface area (Å²) in [6.45, 7) is 4.74. The molecule has 0 aliphatic rings. The standard InChI is InChI=1S/C11H16N4/c1-11(2,6-12)15-8-3-4-9-10(5-8)14-7-13-9/h3-5,7,15H,6,12H2,1-2H3,(H,13,14). The average Bonchev–Trinajstić information content (AvgIpc) is 2.64. The maximum absolute atomic E-state index is 5.66. The number of H-pyrrole nitrogens is 1. The van der Waals surface area contributed by atoms with Crippen LogP contribution in [0.15, 0.2) is 24.5 Å². The molecule has 1 aromatic carbocycles. The summed E-state index contributed by atoms with van der Waals surface area (Å²) in [5.74, 6) is 0. The van der Waals surface area contributed by atoms with E-state index in [-0.39, 0.29) is 5.54 Å². The lowest BCUT2D eigenvalue weighted by atomic mass is 10.1. The van der Waals surface area contributed by atoms with Gasteiger partial charge in [0.1, 0.15) is 0 Å². The van der Waals surface area contributed by atoms with Crippen molar-refractivity contribution in [2.75, 3.05) is 11.9 Å². The van der Waals surface area contributed by atoms with E-state index in [1.165, 1.54) is 0 Å². The highest BCUT2D eigenvalue weighted by Crippen LogP contribution is 2.18. The summed E-state index contributed by atoms with van der Waals surface area (Å²) < 4.78 is 0. The molecule has 15 heavy (non-hydrogen) atoms. The Labute approximate surface area is 88.9 Å². The molecule has 0 spiro atoms. The monoisotopic (exact) mass is 204 g/mol. The molecule has 1 heterocycles. The summed E-state index contributed by atoms with van der Waals surface area (Å²) in [6.07, 6.45) is 1.70. The first-order valence-electron chi connectivity index (χ1n) is 5.02. The normalized spacial score (nSPS) is 11.9. The first-order chi connectivity index (χ1) is 7.11. The molecule has 0 aliphatic carbocycles. The summed E-state index contributed by atoms with van der Waals surface area (Å²) >= 11 is 0. The van der Waals surface area contributed by atoms with E-state index in [4.69, 9.17) is 5.73 Å². The number of imidazole rings is 1. The Hall–Kier alpha value is -1.55. The summed E-state index contributed by atoms with van der Waals surface area (Å²) in [5.41, 5.74) is 8.65. The zero-order chi connectivity index (χ0) is 10.9. The molecule has 0 bridgehead atoms. The first kappa shape index (κ1) is 9.98. The van der Waals surface area contributed by atoms with Gasteiger partial charge in [0, 0.05) is 17.8 Å². The van der Waals surface area contributed by atoms with Gasteiger partial charge in [0.2, 0.25) is 0 Å². The number of aromatic nitrogens is 2. The zero-order valence-electron chi connectivity index (χ0n) is 9.04. The summed E-state index contributed by atoms with van der Waals surface area (Å²) in [5, 5.41) is 3.38. The van der Waals surface area contributed by atoms with Crippen molar-refractivity contribution in [1.82, 2.24) is 9.97 Å². The van der Waals surface area contributed by atoms with Crippen molar-refractivity contribution in [3.63, 3.8) is 0 Å². The largest absolute Gasteiger partial charge is 0.379 e. The Morgan fingerprint density at radius 2 is 2.27 bits per heavy atom. The predicted molar refractivity (Wildman–Crippen MR) is 62.8 cm³/mol. The molecule has 2 aromatic rings. The van der Waals surface area contributed by atoms with Crippen LogP contribution in [-0.2, 0) is 0 Å². The smallest absolute Gasteiger partial charge is 0.0931 e. The second-order valence-corrected chi connectivity index (χ2v) is 4.35. The van der Waals surface area contributed by atoms with Gasteiger partial charge in [0.15, 0.2) is 0 Å². The molecule has 4 heteroatoms. The number of anilines is 1. The first-order valence-corrected chi connectivity index (χ1v) is 5.02. The fourth-order valence-electron chi connectivity index (χ4n) is 1.46. The molecule has 4 nitrogen and oxygen atoms in total. The number of aromatic amines is 1. The number of rotatable bonds is 3. The molecule has 0 fully saturated rings. The molecule has 0 aliphatic heterocycles. The second kappa shape index (κ2) is 3.55. The van der Waals surface area contributed by atoms with Gasteiger partial charge in [-0.15, -0.1) is 0 Å². The predicted octanol–water partition coefficient (Wildman–Crippen LogP) is 1.71. The van der Waals surface area contributed by atoms with Crippen molar-refractivity contribution in [1.29, 1.82) is 0 Å².